The van der Waals surface area contributed by atoms with Crippen LogP contribution in [0.4, 0.5) is 0 Å². The summed E-state index contributed by atoms with van der Waals surface area (Å²) < 4.78 is 10.8. The first-order chi connectivity index (χ1) is 6.64. The van der Waals surface area contributed by atoms with E-state index in [1.807, 2.05) is 6.92 Å². The van der Waals surface area contributed by atoms with Gasteiger partial charge < -0.3 is 9.47 Å². The van der Waals surface area contributed by atoms with E-state index in [2.05, 4.69) is 6.92 Å². The third kappa shape index (κ3) is 2.27. The highest BCUT2D eigenvalue weighted by Gasteiger charge is 2.40. The molecule has 0 bridgehead atoms. The van der Waals surface area contributed by atoms with Gasteiger partial charge in [-0.05, 0) is 32.1 Å². The summed E-state index contributed by atoms with van der Waals surface area (Å²) in [7, 11) is 1.56. The van der Waals surface area contributed by atoms with E-state index in [0.717, 1.165) is 19.3 Å². The number of methoxy groups -OCH3 is 1. The minimum absolute atomic E-state index is 0.297. The van der Waals surface area contributed by atoms with Gasteiger partial charge in [-0.2, -0.15) is 0 Å². The molecule has 1 fully saturated rings. The molecule has 0 aromatic heterocycles. The van der Waals surface area contributed by atoms with Crippen molar-refractivity contribution in [1.82, 2.24) is 0 Å². The maximum absolute atomic E-state index is 7.83. The third-order valence-corrected chi connectivity index (χ3v) is 2.99. The summed E-state index contributed by atoms with van der Waals surface area (Å²) in [5.74, 6) is 0.928. The van der Waals surface area contributed by atoms with Gasteiger partial charge in [-0.25, -0.2) is 0 Å². The lowest BCUT2D eigenvalue weighted by Crippen LogP contribution is -2.45. The van der Waals surface area contributed by atoms with Crippen LogP contribution in [0.3, 0.4) is 0 Å². The molecule has 14 heavy (non-hydrogen) atoms. The fourth-order valence-corrected chi connectivity index (χ4v) is 2.37. The smallest absolute Gasteiger partial charge is 0.213 e. The van der Waals surface area contributed by atoms with E-state index in [-0.39, 0.29) is 0 Å². The van der Waals surface area contributed by atoms with Crippen LogP contribution in [0.1, 0.15) is 39.5 Å². The molecule has 1 aliphatic rings. The van der Waals surface area contributed by atoms with Crippen LogP contribution in [-0.4, -0.2) is 25.2 Å². The van der Waals surface area contributed by atoms with Crippen LogP contribution in [-0.2, 0) is 9.47 Å². The minimum Gasteiger partial charge on any atom is -0.482 e. The zero-order valence-electron chi connectivity index (χ0n) is 9.43. The summed E-state index contributed by atoms with van der Waals surface area (Å²) in [6, 6.07) is 0. The van der Waals surface area contributed by atoms with Gasteiger partial charge in [-0.15, -0.1) is 0 Å². The van der Waals surface area contributed by atoms with Crippen LogP contribution >= 0.6 is 0 Å². The monoisotopic (exact) mass is 199 g/mol. The molecule has 3 heteroatoms. The molecule has 82 valence electrons. The van der Waals surface area contributed by atoms with Gasteiger partial charge in [0, 0.05) is 6.61 Å². The van der Waals surface area contributed by atoms with Gasteiger partial charge in [-0.1, -0.05) is 13.3 Å². The van der Waals surface area contributed by atoms with Gasteiger partial charge in [0.25, 0.3) is 0 Å². The Morgan fingerprint density at radius 2 is 2.29 bits per heavy atom. The van der Waals surface area contributed by atoms with Gasteiger partial charge in [0.2, 0.25) is 5.90 Å². The number of ether oxygens (including phenoxy) is 2. The number of nitrogens with one attached hydrogen (secondary N) is 1. The van der Waals surface area contributed by atoms with Gasteiger partial charge >= 0.3 is 0 Å². The molecule has 0 aromatic rings. The van der Waals surface area contributed by atoms with E-state index in [4.69, 9.17) is 14.9 Å². The topological polar surface area (TPSA) is 42.3 Å². The quantitative estimate of drug-likeness (QED) is 0.560. The molecule has 1 saturated carbocycles. The first-order valence-corrected chi connectivity index (χ1v) is 5.41. The standard InChI is InChI=1S/C11H21NO2/c1-4-14-11(10(12)13-3)7-5-6-9(2)8-11/h9,12H,4-8H2,1-3H3. The van der Waals surface area contributed by atoms with Gasteiger partial charge in [0.1, 0.15) is 5.60 Å². The van der Waals surface area contributed by atoms with Crippen LogP contribution in [0.5, 0.6) is 0 Å². The SMILES string of the molecule is CCOC1(C(=N)OC)CCCC(C)C1. The van der Waals surface area contributed by atoms with Crippen molar-refractivity contribution in [2.24, 2.45) is 5.92 Å². The molecule has 2 unspecified atom stereocenters. The van der Waals surface area contributed by atoms with Crippen molar-refractivity contribution < 1.29 is 9.47 Å². The van der Waals surface area contributed by atoms with Crippen LogP contribution in [0.2, 0.25) is 0 Å². The average Bonchev–Trinajstić information content (AvgIpc) is 2.17. The predicted molar refractivity (Wildman–Crippen MR) is 56.7 cm³/mol. The number of hydrogen-bond donors (Lipinski definition) is 1. The number of hydrogen-bond acceptors (Lipinski definition) is 3. The summed E-state index contributed by atoms with van der Waals surface area (Å²) in [4.78, 5) is 0. The second kappa shape index (κ2) is 4.78. The Balaban J connectivity index is 2.74. The zero-order chi connectivity index (χ0) is 10.6. The summed E-state index contributed by atoms with van der Waals surface area (Å²) in [6.07, 6.45) is 4.23. The first-order valence-electron chi connectivity index (χ1n) is 5.41. The molecule has 0 heterocycles. The van der Waals surface area contributed by atoms with E-state index < -0.39 is 5.60 Å². The molecule has 0 saturated heterocycles. The molecule has 3 nitrogen and oxygen atoms in total. The maximum Gasteiger partial charge on any atom is 0.213 e. The van der Waals surface area contributed by atoms with Crippen molar-refractivity contribution in [2.45, 2.75) is 45.1 Å². The molecule has 1 N–H and O–H groups in total. The predicted octanol–water partition coefficient (Wildman–Crippen LogP) is 2.60. The third-order valence-electron chi connectivity index (χ3n) is 2.99. The van der Waals surface area contributed by atoms with E-state index in [1.165, 1.54) is 6.42 Å². The largest absolute Gasteiger partial charge is 0.482 e. The van der Waals surface area contributed by atoms with E-state index in [9.17, 15) is 0 Å². The molecular formula is C11H21NO2. The zero-order valence-corrected chi connectivity index (χ0v) is 9.43. The molecule has 0 amide bonds. The Hall–Kier alpha value is -0.570. The highest BCUT2D eigenvalue weighted by atomic mass is 16.5. The lowest BCUT2D eigenvalue weighted by atomic mass is 9.78. The van der Waals surface area contributed by atoms with Gasteiger partial charge in [0.05, 0.1) is 7.11 Å². The Morgan fingerprint density at radius 1 is 1.57 bits per heavy atom. The second-order valence-corrected chi connectivity index (χ2v) is 4.16. The average molecular weight is 199 g/mol. The Morgan fingerprint density at radius 3 is 2.79 bits per heavy atom. The van der Waals surface area contributed by atoms with E-state index >= 15 is 0 Å². The Bertz CT molecular complexity index is 201. The molecule has 0 spiro atoms. The van der Waals surface area contributed by atoms with E-state index in [1.54, 1.807) is 7.11 Å². The van der Waals surface area contributed by atoms with Gasteiger partial charge in [-0.3, -0.25) is 5.41 Å². The second-order valence-electron chi connectivity index (χ2n) is 4.16. The Labute approximate surface area is 86.3 Å². The molecular weight excluding hydrogens is 178 g/mol. The maximum atomic E-state index is 7.83. The van der Waals surface area contributed by atoms with Gasteiger partial charge in [0.15, 0.2) is 0 Å². The molecule has 1 aliphatic carbocycles. The normalized spacial score (nSPS) is 32.6. The van der Waals surface area contributed by atoms with Crippen molar-refractivity contribution in [1.29, 1.82) is 5.41 Å². The summed E-state index contributed by atoms with van der Waals surface area (Å²) in [5, 5.41) is 7.83. The molecule has 1 rings (SSSR count). The lowest BCUT2D eigenvalue weighted by Gasteiger charge is -2.38. The van der Waals surface area contributed by atoms with Crippen molar-refractivity contribution in [2.75, 3.05) is 13.7 Å². The molecule has 0 radical (unpaired) electrons. The molecule has 0 aliphatic heterocycles. The van der Waals surface area contributed by atoms with Crippen molar-refractivity contribution in [3.8, 4) is 0 Å². The van der Waals surface area contributed by atoms with Crippen molar-refractivity contribution >= 4 is 5.90 Å². The fourth-order valence-electron chi connectivity index (χ4n) is 2.37. The van der Waals surface area contributed by atoms with Crippen LogP contribution in [0, 0.1) is 11.3 Å². The molecule has 2 atom stereocenters. The fraction of sp³-hybridized carbons (Fsp3) is 0.909. The van der Waals surface area contributed by atoms with Crippen molar-refractivity contribution in [3.05, 3.63) is 0 Å². The minimum atomic E-state index is -0.429. The first kappa shape index (κ1) is 11.5. The summed E-state index contributed by atoms with van der Waals surface area (Å²) >= 11 is 0. The van der Waals surface area contributed by atoms with Crippen LogP contribution in [0.15, 0.2) is 0 Å². The lowest BCUT2D eigenvalue weighted by molar-refractivity contribution is -0.0380. The Kier molecular flexibility index (Phi) is 3.93. The summed E-state index contributed by atoms with van der Waals surface area (Å²) in [6.45, 7) is 4.85. The van der Waals surface area contributed by atoms with E-state index in [0.29, 0.717) is 18.4 Å². The summed E-state index contributed by atoms with van der Waals surface area (Å²) in [5.41, 5.74) is -0.429. The van der Waals surface area contributed by atoms with Crippen molar-refractivity contribution in [3.63, 3.8) is 0 Å². The number of rotatable bonds is 3. The highest BCUT2D eigenvalue weighted by Crippen LogP contribution is 2.36. The van der Waals surface area contributed by atoms with Crippen LogP contribution in [0.25, 0.3) is 0 Å². The van der Waals surface area contributed by atoms with Crippen LogP contribution < -0.4 is 0 Å². The highest BCUT2D eigenvalue weighted by molar-refractivity contribution is 5.82. The molecule has 0 aromatic carbocycles.